The summed E-state index contributed by atoms with van der Waals surface area (Å²) in [5.41, 5.74) is 2.31. The lowest BCUT2D eigenvalue weighted by Crippen LogP contribution is -2.37. The molecule has 0 spiro atoms. The molecule has 0 radical (unpaired) electrons. The first-order chi connectivity index (χ1) is 12.6. The summed E-state index contributed by atoms with van der Waals surface area (Å²) in [6.45, 7) is 5.66. The molecule has 0 fully saturated rings. The highest BCUT2D eigenvalue weighted by Gasteiger charge is 2.06. The Morgan fingerprint density at radius 3 is 2.48 bits per heavy atom. The van der Waals surface area contributed by atoms with Gasteiger partial charge in [-0.2, -0.15) is 0 Å². The maximum absolute atomic E-state index is 5.35. The number of aryl methyl sites for hydroxylation is 3. The summed E-state index contributed by atoms with van der Waals surface area (Å²) in [7, 11) is 5.09. The van der Waals surface area contributed by atoms with E-state index in [-0.39, 0.29) is 24.0 Å². The van der Waals surface area contributed by atoms with E-state index in [1.54, 1.807) is 32.6 Å². The minimum Gasteiger partial charge on any atom is -0.493 e. The summed E-state index contributed by atoms with van der Waals surface area (Å²) < 4.78 is 10.6. The SMILES string of the molecule is CN=C(NCCCc1ccc(OC)c(OC)c1)NCc1sc(C)nc1C.I. The minimum absolute atomic E-state index is 0. The number of guanidine groups is 1. The van der Waals surface area contributed by atoms with Crippen molar-refractivity contribution in [2.24, 2.45) is 4.99 Å². The third-order valence-electron chi connectivity index (χ3n) is 4.02. The Hall–Kier alpha value is -1.55. The van der Waals surface area contributed by atoms with Crippen LogP contribution in [0.5, 0.6) is 11.5 Å². The number of hydrogen-bond donors (Lipinski definition) is 2. The normalized spacial score (nSPS) is 10.9. The Kier molecular flexibility index (Phi) is 10.5. The van der Waals surface area contributed by atoms with E-state index >= 15 is 0 Å². The molecule has 2 aromatic rings. The fraction of sp³-hybridized carbons (Fsp3) is 0.474. The van der Waals surface area contributed by atoms with E-state index in [9.17, 15) is 0 Å². The minimum atomic E-state index is 0. The van der Waals surface area contributed by atoms with Gasteiger partial charge in [-0.15, -0.1) is 35.3 Å². The molecular weight excluding hydrogens is 475 g/mol. The highest BCUT2D eigenvalue weighted by atomic mass is 127. The molecule has 0 saturated carbocycles. The van der Waals surface area contributed by atoms with Crippen LogP contribution in [0.15, 0.2) is 23.2 Å². The molecule has 0 amide bonds. The van der Waals surface area contributed by atoms with Crippen LogP contribution in [0.4, 0.5) is 0 Å². The van der Waals surface area contributed by atoms with Gasteiger partial charge in [0, 0.05) is 18.5 Å². The lowest BCUT2D eigenvalue weighted by molar-refractivity contribution is 0.354. The van der Waals surface area contributed by atoms with Gasteiger partial charge in [-0.1, -0.05) is 6.07 Å². The van der Waals surface area contributed by atoms with Gasteiger partial charge in [0.25, 0.3) is 0 Å². The molecule has 1 aromatic carbocycles. The predicted octanol–water partition coefficient (Wildman–Crippen LogP) is 3.69. The lowest BCUT2D eigenvalue weighted by atomic mass is 10.1. The van der Waals surface area contributed by atoms with E-state index in [1.807, 2.05) is 26.0 Å². The average Bonchev–Trinajstić information content (AvgIpc) is 2.98. The van der Waals surface area contributed by atoms with E-state index in [1.165, 1.54) is 10.4 Å². The summed E-state index contributed by atoms with van der Waals surface area (Å²) in [4.78, 5) is 9.97. The first-order valence-electron chi connectivity index (χ1n) is 8.65. The van der Waals surface area contributed by atoms with E-state index in [0.717, 1.165) is 54.1 Å². The number of nitrogens with zero attached hydrogens (tertiary/aromatic N) is 2. The summed E-state index contributed by atoms with van der Waals surface area (Å²) in [6, 6.07) is 6.05. The van der Waals surface area contributed by atoms with Gasteiger partial charge in [-0.05, 0) is 44.4 Å². The first-order valence-corrected chi connectivity index (χ1v) is 9.47. The monoisotopic (exact) mass is 504 g/mol. The van der Waals surface area contributed by atoms with Crippen LogP contribution in [0.2, 0.25) is 0 Å². The number of thiazole rings is 1. The van der Waals surface area contributed by atoms with E-state index in [4.69, 9.17) is 9.47 Å². The number of rotatable bonds is 8. The molecular formula is C19H29IN4O2S. The zero-order valence-corrected chi connectivity index (χ0v) is 19.7. The van der Waals surface area contributed by atoms with Crippen molar-refractivity contribution >= 4 is 41.3 Å². The predicted molar refractivity (Wildman–Crippen MR) is 123 cm³/mol. The maximum Gasteiger partial charge on any atom is 0.191 e. The lowest BCUT2D eigenvalue weighted by Gasteiger charge is -2.12. The Labute approximate surface area is 182 Å². The number of ether oxygens (including phenoxy) is 2. The van der Waals surface area contributed by atoms with Crippen LogP contribution >= 0.6 is 35.3 Å². The number of aromatic nitrogens is 1. The molecule has 27 heavy (non-hydrogen) atoms. The molecule has 2 N–H and O–H groups in total. The van der Waals surface area contributed by atoms with Crippen molar-refractivity contribution in [1.82, 2.24) is 15.6 Å². The molecule has 0 atom stereocenters. The summed E-state index contributed by atoms with van der Waals surface area (Å²) in [5.74, 6) is 2.33. The first kappa shape index (κ1) is 23.5. The number of halogens is 1. The maximum atomic E-state index is 5.35. The molecule has 2 rings (SSSR count). The van der Waals surface area contributed by atoms with Gasteiger partial charge >= 0.3 is 0 Å². The zero-order valence-electron chi connectivity index (χ0n) is 16.6. The Morgan fingerprint density at radius 1 is 1.15 bits per heavy atom. The number of aliphatic imine (C=N–C) groups is 1. The summed E-state index contributed by atoms with van der Waals surface area (Å²) >= 11 is 1.72. The summed E-state index contributed by atoms with van der Waals surface area (Å²) in [5, 5.41) is 7.79. The van der Waals surface area contributed by atoms with E-state index < -0.39 is 0 Å². The van der Waals surface area contributed by atoms with Crippen molar-refractivity contribution < 1.29 is 9.47 Å². The standard InChI is InChI=1S/C19H28N4O2S.HI/c1-13-18(26-14(2)23-13)12-22-19(20-3)21-10-6-7-15-8-9-16(24-4)17(11-15)25-5;/h8-9,11H,6-7,10,12H2,1-5H3,(H2,20,21,22);1H. The van der Waals surface area contributed by atoms with E-state index in [2.05, 4.69) is 26.7 Å². The zero-order chi connectivity index (χ0) is 18.9. The van der Waals surface area contributed by atoms with Crippen molar-refractivity contribution in [3.05, 3.63) is 39.3 Å². The molecule has 1 aromatic heterocycles. The quantitative estimate of drug-likeness (QED) is 0.249. The number of methoxy groups -OCH3 is 2. The van der Waals surface area contributed by atoms with Gasteiger partial charge in [-0.3, -0.25) is 4.99 Å². The second-order valence-electron chi connectivity index (χ2n) is 5.89. The van der Waals surface area contributed by atoms with E-state index in [0.29, 0.717) is 0 Å². The van der Waals surface area contributed by atoms with Crippen LogP contribution in [0.25, 0.3) is 0 Å². The van der Waals surface area contributed by atoms with Crippen LogP contribution in [-0.2, 0) is 13.0 Å². The third kappa shape index (κ3) is 7.17. The molecule has 150 valence electrons. The second-order valence-corrected chi connectivity index (χ2v) is 7.17. The van der Waals surface area contributed by atoms with Crippen molar-refractivity contribution in [2.45, 2.75) is 33.2 Å². The highest BCUT2D eigenvalue weighted by molar-refractivity contribution is 14.0. The topological polar surface area (TPSA) is 67.8 Å². The third-order valence-corrected chi connectivity index (χ3v) is 5.10. The van der Waals surface area contributed by atoms with Crippen LogP contribution in [0, 0.1) is 13.8 Å². The van der Waals surface area contributed by atoms with Crippen molar-refractivity contribution in [3.63, 3.8) is 0 Å². The number of hydrogen-bond acceptors (Lipinski definition) is 5. The van der Waals surface area contributed by atoms with Gasteiger partial charge < -0.3 is 20.1 Å². The van der Waals surface area contributed by atoms with Gasteiger partial charge in [0.15, 0.2) is 17.5 Å². The molecule has 0 unspecified atom stereocenters. The van der Waals surface area contributed by atoms with Gasteiger partial charge in [0.1, 0.15) is 0 Å². The molecule has 0 aliphatic carbocycles. The van der Waals surface area contributed by atoms with Crippen molar-refractivity contribution in [1.29, 1.82) is 0 Å². The average molecular weight is 504 g/mol. The van der Waals surface area contributed by atoms with Gasteiger partial charge in [-0.25, -0.2) is 4.98 Å². The second kappa shape index (κ2) is 12.0. The molecule has 0 aliphatic heterocycles. The van der Waals surface area contributed by atoms with Crippen molar-refractivity contribution in [3.8, 4) is 11.5 Å². The van der Waals surface area contributed by atoms with Gasteiger partial charge in [0.05, 0.1) is 31.5 Å². The fourth-order valence-corrected chi connectivity index (χ4v) is 3.53. The molecule has 8 heteroatoms. The molecule has 0 saturated heterocycles. The Morgan fingerprint density at radius 2 is 1.89 bits per heavy atom. The Bertz CT molecular complexity index is 749. The molecule has 0 bridgehead atoms. The fourth-order valence-electron chi connectivity index (χ4n) is 2.66. The summed E-state index contributed by atoms with van der Waals surface area (Å²) in [6.07, 6.45) is 1.95. The van der Waals surface area contributed by atoms with Crippen LogP contribution < -0.4 is 20.1 Å². The van der Waals surface area contributed by atoms with Crippen LogP contribution in [0.3, 0.4) is 0 Å². The molecule has 6 nitrogen and oxygen atoms in total. The largest absolute Gasteiger partial charge is 0.493 e. The number of benzene rings is 1. The molecule has 1 heterocycles. The Balaban J connectivity index is 0.00000364. The smallest absolute Gasteiger partial charge is 0.191 e. The van der Waals surface area contributed by atoms with Crippen molar-refractivity contribution in [2.75, 3.05) is 27.8 Å². The number of nitrogens with one attached hydrogen (secondary N) is 2. The molecule has 0 aliphatic rings. The van der Waals surface area contributed by atoms with Crippen LogP contribution in [-0.4, -0.2) is 38.8 Å². The highest BCUT2D eigenvalue weighted by Crippen LogP contribution is 2.27. The van der Waals surface area contributed by atoms with Crippen LogP contribution in [0.1, 0.15) is 27.6 Å². The van der Waals surface area contributed by atoms with Gasteiger partial charge in [0.2, 0.25) is 0 Å².